The van der Waals surface area contributed by atoms with Gasteiger partial charge in [0.2, 0.25) is 5.91 Å². The van der Waals surface area contributed by atoms with E-state index in [-0.39, 0.29) is 5.57 Å². The maximum absolute atomic E-state index is 10.6. The number of carbonyl (C=O) groups is 3. The normalized spacial score (nSPS) is 11.8. The molecule has 0 radical (unpaired) electrons. The number of carboxylic acid groups (broad SMARTS) is 1. The smallest absolute Gasteiger partial charge is 0.332 e. The first-order chi connectivity index (χ1) is 5.97. The van der Waals surface area contributed by atoms with Crippen molar-refractivity contribution in [3.05, 3.63) is 11.6 Å². The molecule has 5 nitrogen and oxygen atoms in total. The van der Waals surface area contributed by atoms with E-state index in [9.17, 15) is 14.4 Å². The highest BCUT2D eigenvalue weighted by atomic mass is 16.4. The van der Waals surface area contributed by atoms with Gasteiger partial charge in [0.05, 0.1) is 6.42 Å². The number of ketones is 1. The van der Waals surface area contributed by atoms with E-state index in [1.54, 1.807) is 0 Å². The minimum atomic E-state index is -1.33. The van der Waals surface area contributed by atoms with E-state index < -0.39 is 24.1 Å². The van der Waals surface area contributed by atoms with Gasteiger partial charge in [0, 0.05) is 5.57 Å². The Bertz CT molecular complexity index is 272. The quantitative estimate of drug-likeness (QED) is 0.558. The molecule has 5 heteroatoms. The van der Waals surface area contributed by atoms with Crippen LogP contribution < -0.4 is 5.73 Å². The number of amides is 1. The molecular weight excluding hydrogens is 162 g/mol. The van der Waals surface area contributed by atoms with E-state index >= 15 is 0 Å². The minimum Gasteiger partial charge on any atom is -0.478 e. The van der Waals surface area contributed by atoms with Gasteiger partial charge < -0.3 is 10.8 Å². The fraction of sp³-hybridized carbons (Fsp3) is 0.286. The van der Waals surface area contributed by atoms with Crippen LogP contribution in [0.2, 0.25) is 1.41 Å². The number of allylic oxidation sites excluding steroid dienone is 1. The molecule has 0 saturated heterocycles. The van der Waals surface area contributed by atoms with Crippen LogP contribution in [-0.2, 0) is 14.4 Å². The molecule has 0 heterocycles. The van der Waals surface area contributed by atoms with E-state index in [4.69, 9.17) is 6.52 Å². The lowest BCUT2D eigenvalue weighted by molar-refractivity contribution is -0.134. The lowest BCUT2D eigenvalue weighted by Gasteiger charge is -1.96. The van der Waals surface area contributed by atoms with Crippen LogP contribution >= 0.6 is 0 Å². The standard InChI is InChI=1S/C7H9NO4/c1-4(9)2-5(7(11)12)3-6(8)10/h2H,3H2,1H3,(H2,8,10)(H,11,12)/b5-2-/i/hT. The molecule has 3 N–H and O–H groups in total. The van der Waals surface area contributed by atoms with E-state index in [1.165, 1.54) is 12.7 Å². The van der Waals surface area contributed by atoms with E-state index in [1.807, 2.05) is 0 Å². The van der Waals surface area contributed by atoms with Gasteiger partial charge in [-0.15, -0.1) is 0 Å². The SMILES string of the molecule is [3H]NC(=O)C/C(=C/C(C)=O)C(=O)O. The highest BCUT2D eigenvalue weighted by Gasteiger charge is 2.10. The Balaban J connectivity index is 4.54. The molecule has 12 heavy (non-hydrogen) atoms. The number of primary amides is 1. The molecule has 0 aliphatic heterocycles. The molecule has 0 atom stereocenters. The molecule has 66 valence electrons. The van der Waals surface area contributed by atoms with Crippen LogP contribution in [0.15, 0.2) is 11.6 Å². The van der Waals surface area contributed by atoms with Crippen molar-refractivity contribution in [2.75, 3.05) is 0 Å². The van der Waals surface area contributed by atoms with Crippen LogP contribution in [0.3, 0.4) is 0 Å². The molecule has 0 aromatic heterocycles. The van der Waals surface area contributed by atoms with Crippen LogP contribution in [0.4, 0.5) is 0 Å². The second-order valence-corrected chi connectivity index (χ2v) is 2.19. The second kappa shape index (κ2) is 4.27. The van der Waals surface area contributed by atoms with Crippen molar-refractivity contribution in [2.24, 2.45) is 5.73 Å². The second-order valence-electron chi connectivity index (χ2n) is 2.19. The molecule has 0 aromatic carbocycles. The van der Waals surface area contributed by atoms with Gasteiger partial charge in [0.15, 0.2) is 7.20 Å². The fourth-order valence-electron chi connectivity index (χ4n) is 0.607. The number of hydrogen-bond acceptors (Lipinski definition) is 3. The number of carbonyl (C=O) groups excluding carboxylic acids is 2. The molecule has 0 aromatic rings. The Morgan fingerprint density at radius 1 is 1.58 bits per heavy atom. The van der Waals surface area contributed by atoms with Gasteiger partial charge >= 0.3 is 5.97 Å². The monoisotopic (exact) mass is 173 g/mol. The van der Waals surface area contributed by atoms with Gasteiger partial charge in [-0.1, -0.05) is 0 Å². The molecule has 0 fully saturated rings. The predicted octanol–water partition coefficient (Wildman–Crippen LogP) is -0.538. The average molecular weight is 173 g/mol. The van der Waals surface area contributed by atoms with Gasteiger partial charge in [-0.25, -0.2) is 4.79 Å². The number of nitrogens with two attached hydrogens (primary N) is 1. The van der Waals surface area contributed by atoms with Gasteiger partial charge in [-0.3, -0.25) is 9.59 Å². The van der Waals surface area contributed by atoms with Crippen molar-refractivity contribution < 1.29 is 20.9 Å². The summed E-state index contributed by atoms with van der Waals surface area (Å²) in [5, 5.41) is 8.50. The van der Waals surface area contributed by atoms with Gasteiger partial charge in [-0.05, 0) is 13.0 Å². The molecular formula is C7H9NO4. The Hall–Kier alpha value is -1.65. The Morgan fingerprint density at radius 3 is 2.50 bits per heavy atom. The number of carboxylic acids is 1. The molecule has 0 aliphatic carbocycles. The zero-order chi connectivity index (χ0) is 10.4. The maximum Gasteiger partial charge on any atom is 0.332 e. The van der Waals surface area contributed by atoms with Gasteiger partial charge in [-0.2, -0.15) is 0 Å². The lowest BCUT2D eigenvalue weighted by atomic mass is 10.1. The van der Waals surface area contributed by atoms with Crippen molar-refractivity contribution in [3.8, 4) is 0 Å². The summed E-state index contributed by atoms with van der Waals surface area (Å²) in [7, 11) is 0. The maximum atomic E-state index is 10.6. The average Bonchev–Trinajstić information content (AvgIpc) is 2.02. The van der Waals surface area contributed by atoms with E-state index in [2.05, 4.69) is 0 Å². The van der Waals surface area contributed by atoms with Crippen molar-refractivity contribution in [3.63, 3.8) is 0 Å². The van der Waals surface area contributed by atoms with Gasteiger partial charge in [0.25, 0.3) is 0 Å². The van der Waals surface area contributed by atoms with Crippen LogP contribution in [0.25, 0.3) is 0 Å². The molecule has 0 unspecified atom stereocenters. The minimum absolute atomic E-state index is 0.322. The number of rotatable bonds is 4. The highest BCUT2D eigenvalue weighted by Crippen LogP contribution is 2.00. The molecule has 1 amide bonds. The van der Waals surface area contributed by atoms with E-state index in [0.29, 0.717) is 0 Å². The third kappa shape index (κ3) is 4.21. The number of aliphatic carboxylic acids is 1. The summed E-state index contributed by atoms with van der Waals surface area (Å²) in [5.74, 6) is -2.55. The summed E-state index contributed by atoms with van der Waals surface area (Å²) in [5.41, 5.74) is 1.20. The zero-order valence-corrected chi connectivity index (χ0v) is 6.46. The fourth-order valence-corrected chi connectivity index (χ4v) is 0.607. The third-order valence-electron chi connectivity index (χ3n) is 1.00. The summed E-state index contributed by atoms with van der Waals surface area (Å²) in [4.78, 5) is 31.5. The topological polar surface area (TPSA) is 97.5 Å². The first-order valence-corrected chi connectivity index (χ1v) is 3.12. The van der Waals surface area contributed by atoms with Crippen molar-refractivity contribution in [1.29, 1.82) is 0 Å². The van der Waals surface area contributed by atoms with Crippen LogP contribution in [0.5, 0.6) is 0 Å². The summed E-state index contributed by atoms with van der Waals surface area (Å²) in [6.07, 6.45) is 0.385. The van der Waals surface area contributed by atoms with Crippen LogP contribution in [0, 0.1) is 0 Å². The molecule has 0 bridgehead atoms. The summed E-state index contributed by atoms with van der Waals surface area (Å²) < 4.78 is 6.42. The molecule has 0 saturated carbocycles. The predicted molar refractivity (Wildman–Crippen MR) is 40.2 cm³/mol. The molecule has 0 spiro atoms. The molecule has 0 aliphatic rings. The zero-order valence-electron chi connectivity index (χ0n) is 7.46. The largest absolute Gasteiger partial charge is 0.478 e. The van der Waals surface area contributed by atoms with Crippen molar-refractivity contribution in [2.45, 2.75) is 13.3 Å². The summed E-state index contributed by atoms with van der Waals surface area (Å²) in [6, 6.07) is 0. The summed E-state index contributed by atoms with van der Waals surface area (Å²) >= 11 is 0. The van der Waals surface area contributed by atoms with E-state index in [0.717, 1.165) is 6.08 Å². The third-order valence-corrected chi connectivity index (χ3v) is 1.00. The van der Waals surface area contributed by atoms with Crippen molar-refractivity contribution >= 4 is 17.7 Å². The lowest BCUT2D eigenvalue weighted by Crippen LogP contribution is -2.15. The van der Waals surface area contributed by atoms with Crippen LogP contribution in [-0.4, -0.2) is 22.8 Å². The molecule has 0 rings (SSSR count). The number of hydrogen-bond donors (Lipinski definition) is 2. The van der Waals surface area contributed by atoms with Crippen molar-refractivity contribution in [1.82, 2.24) is 0 Å². The Kier molecular flexibility index (Phi) is 3.01. The first kappa shape index (κ1) is 8.45. The Morgan fingerprint density at radius 2 is 2.17 bits per heavy atom. The highest BCUT2D eigenvalue weighted by molar-refractivity contribution is 6.00. The van der Waals surface area contributed by atoms with Gasteiger partial charge in [0.1, 0.15) is 0 Å². The Labute approximate surface area is 70.3 Å². The summed E-state index contributed by atoms with van der Waals surface area (Å²) in [6.45, 7) is 1.18. The first-order valence-electron chi connectivity index (χ1n) is 3.62. The van der Waals surface area contributed by atoms with Crippen LogP contribution in [0.1, 0.15) is 13.3 Å².